The fourth-order valence-corrected chi connectivity index (χ4v) is 1.16. The minimum Gasteiger partial charge on any atom is -0.161 e. The highest BCUT2D eigenvalue weighted by atomic mass is 79.9. The molecule has 0 heterocycles. The van der Waals surface area contributed by atoms with E-state index >= 15 is 0 Å². The van der Waals surface area contributed by atoms with Crippen molar-refractivity contribution in [3.05, 3.63) is 34.9 Å². The van der Waals surface area contributed by atoms with E-state index in [9.17, 15) is 0 Å². The van der Waals surface area contributed by atoms with Crippen LogP contribution in [0.25, 0.3) is 0 Å². The number of benzene rings is 1. The first kappa shape index (κ1) is 8.05. The second-order valence-corrected chi connectivity index (χ2v) is 2.78. The lowest BCUT2D eigenvalue weighted by Gasteiger charge is -1.98. The van der Waals surface area contributed by atoms with Gasteiger partial charge in [-0.05, 0) is 11.6 Å². The van der Waals surface area contributed by atoms with Crippen LogP contribution in [0.4, 0.5) is 0 Å². The van der Waals surface area contributed by atoms with Crippen LogP contribution in [0.3, 0.4) is 0 Å². The van der Waals surface area contributed by atoms with Crippen molar-refractivity contribution in [1.29, 1.82) is 0 Å². The maximum Gasteiger partial charge on any atom is 0.0525 e. The molecule has 3 heteroatoms. The second kappa shape index (κ2) is 3.96. The van der Waals surface area contributed by atoms with Gasteiger partial charge >= 0.3 is 0 Å². The summed E-state index contributed by atoms with van der Waals surface area (Å²) in [5, 5.41) is 0.769. The molecule has 0 aliphatic rings. The third kappa shape index (κ3) is 1.97. The van der Waals surface area contributed by atoms with Crippen LogP contribution in [0.15, 0.2) is 24.3 Å². The van der Waals surface area contributed by atoms with E-state index in [1.165, 1.54) is 0 Å². The van der Waals surface area contributed by atoms with Gasteiger partial charge < -0.3 is 0 Å². The lowest BCUT2D eigenvalue weighted by molar-refractivity contribution is 0.980. The maximum absolute atomic E-state index is 5.82. The van der Waals surface area contributed by atoms with Crippen LogP contribution in [0.2, 0.25) is 5.02 Å². The predicted octanol–water partition coefficient (Wildman–Crippen LogP) is 2.75. The fraction of sp³-hybridized carbons (Fsp3) is 0.143. The molecule has 0 aliphatic heterocycles. The van der Waals surface area contributed by atoms with Gasteiger partial charge in [0, 0.05) is 21.2 Å². The van der Waals surface area contributed by atoms with Gasteiger partial charge in [-0.3, -0.25) is 0 Å². The lowest BCUT2D eigenvalue weighted by atomic mass is 10.2. The molecule has 0 saturated carbocycles. The zero-order valence-electron chi connectivity index (χ0n) is 5.22. The van der Waals surface area contributed by atoms with Crippen molar-refractivity contribution in [3.8, 4) is 0 Å². The summed E-state index contributed by atoms with van der Waals surface area (Å²) in [7, 11) is 0. The largest absolute Gasteiger partial charge is 0.161 e. The summed E-state index contributed by atoms with van der Waals surface area (Å²) in [6.07, 6.45) is 0. The molecule has 1 aromatic carbocycles. The molecule has 0 unspecified atom stereocenters. The Morgan fingerprint density at radius 1 is 1.40 bits per heavy atom. The van der Waals surface area contributed by atoms with Gasteiger partial charge in [-0.15, -0.1) is 0 Å². The van der Waals surface area contributed by atoms with Gasteiger partial charge in [0.05, 0.1) is 6.54 Å². The molecule has 1 rings (SSSR count). The van der Waals surface area contributed by atoms with Crippen LogP contribution in [0.5, 0.6) is 0 Å². The molecule has 0 amide bonds. The average molecular weight is 219 g/mol. The summed E-state index contributed by atoms with van der Waals surface area (Å²) < 4.78 is 3.79. The normalized spacial score (nSPS) is 9.80. The van der Waals surface area contributed by atoms with E-state index in [0.29, 0.717) is 6.54 Å². The highest BCUT2D eigenvalue weighted by Gasteiger charge is 1.95. The van der Waals surface area contributed by atoms with Gasteiger partial charge in [0.15, 0.2) is 0 Å². The van der Waals surface area contributed by atoms with Gasteiger partial charge in [0.1, 0.15) is 0 Å². The van der Waals surface area contributed by atoms with Crippen molar-refractivity contribution >= 4 is 27.7 Å². The lowest BCUT2D eigenvalue weighted by Crippen LogP contribution is -1.90. The zero-order chi connectivity index (χ0) is 7.40. The van der Waals surface area contributed by atoms with E-state index in [-0.39, 0.29) is 0 Å². The van der Waals surface area contributed by atoms with Gasteiger partial charge in [0.2, 0.25) is 0 Å². The summed E-state index contributed by atoms with van der Waals surface area (Å²) >= 11 is 8.81. The smallest absolute Gasteiger partial charge is 0.0525 e. The third-order valence-corrected chi connectivity index (χ3v) is 1.81. The third-order valence-electron chi connectivity index (χ3n) is 1.19. The monoisotopic (exact) mass is 218 g/mol. The van der Waals surface area contributed by atoms with Crippen molar-refractivity contribution in [2.45, 2.75) is 6.54 Å². The van der Waals surface area contributed by atoms with Crippen LogP contribution in [-0.2, 0) is 6.54 Å². The van der Waals surface area contributed by atoms with Crippen molar-refractivity contribution in [1.82, 2.24) is 4.34 Å². The number of rotatable bonds is 2. The van der Waals surface area contributed by atoms with Crippen molar-refractivity contribution in [3.63, 3.8) is 0 Å². The zero-order valence-corrected chi connectivity index (χ0v) is 7.56. The molecule has 1 nitrogen and oxygen atoms in total. The minimum absolute atomic E-state index is 0.625. The number of halogens is 2. The molecule has 0 atom stereocenters. The minimum atomic E-state index is 0.625. The van der Waals surface area contributed by atoms with Crippen LogP contribution in [-0.4, -0.2) is 0 Å². The maximum atomic E-state index is 5.82. The number of hydrogen-bond donors (Lipinski definition) is 0. The summed E-state index contributed by atoms with van der Waals surface area (Å²) in [6.45, 7) is 0.625. The molecule has 0 aliphatic carbocycles. The van der Waals surface area contributed by atoms with E-state index in [1.807, 2.05) is 24.3 Å². The van der Waals surface area contributed by atoms with Crippen molar-refractivity contribution in [2.24, 2.45) is 0 Å². The fourth-order valence-electron chi connectivity index (χ4n) is 0.691. The van der Waals surface area contributed by atoms with Crippen molar-refractivity contribution in [2.75, 3.05) is 0 Å². The Kier molecular flexibility index (Phi) is 3.19. The summed E-state index contributed by atoms with van der Waals surface area (Å²) in [6, 6.07) is 7.65. The Morgan fingerprint density at radius 3 is 2.70 bits per heavy atom. The molecule has 0 spiro atoms. The Balaban J connectivity index is 2.81. The summed E-state index contributed by atoms with van der Waals surface area (Å²) in [5.74, 6) is 0. The molecule has 0 aromatic heterocycles. The van der Waals surface area contributed by atoms with E-state index in [4.69, 9.17) is 11.6 Å². The first-order valence-electron chi connectivity index (χ1n) is 2.86. The SMILES string of the molecule is Clc1ccccc1C[N]Br. The highest BCUT2D eigenvalue weighted by Crippen LogP contribution is 2.14. The van der Waals surface area contributed by atoms with Gasteiger partial charge in [-0.2, -0.15) is 4.34 Å². The average Bonchev–Trinajstić information content (AvgIpc) is 1.94. The molecule has 1 radical (unpaired) electrons. The highest BCUT2D eigenvalue weighted by molar-refractivity contribution is 9.07. The topological polar surface area (TPSA) is 14.1 Å². The molecular weight excluding hydrogens is 213 g/mol. The Labute approximate surface area is 73.7 Å². The molecule has 53 valence electrons. The first-order valence-corrected chi connectivity index (χ1v) is 3.94. The second-order valence-electron chi connectivity index (χ2n) is 1.87. The van der Waals surface area contributed by atoms with Crippen LogP contribution in [0, 0.1) is 0 Å². The molecule has 0 N–H and O–H groups in total. The number of nitrogens with zero attached hydrogens (tertiary/aromatic N) is 1. The molecule has 0 fully saturated rings. The Bertz CT molecular complexity index is 215. The van der Waals surface area contributed by atoms with E-state index in [0.717, 1.165) is 10.6 Å². The van der Waals surface area contributed by atoms with E-state index in [2.05, 4.69) is 20.5 Å². The van der Waals surface area contributed by atoms with Crippen molar-refractivity contribution < 1.29 is 0 Å². The molecule has 0 bridgehead atoms. The quantitative estimate of drug-likeness (QED) is 0.726. The van der Waals surface area contributed by atoms with Gasteiger partial charge in [0.25, 0.3) is 0 Å². The standard InChI is InChI=1S/C7H6BrClN/c8-10-5-6-3-1-2-4-7(6)9/h1-4H,5H2. The van der Waals surface area contributed by atoms with Crippen LogP contribution in [0.1, 0.15) is 5.56 Å². The Hall–Kier alpha value is -0.0500. The molecule has 1 aromatic rings. The molecular formula is C7H6BrClN. The summed E-state index contributed by atoms with van der Waals surface area (Å²) in [5.41, 5.74) is 1.04. The first-order chi connectivity index (χ1) is 4.84. The van der Waals surface area contributed by atoms with E-state index in [1.54, 1.807) is 0 Å². The predicted molar refractivity (Wildman–Crippen MR) is 46.2 cm³/mol. The van der Waals surface area contributed by atoms with Crippen LogP contribution >= 0.6 is 27.7 Å². The Morgan fingerprint density at radius 2 is 2.10 bits per heavy atom. The molecule has 10 heavy (non-hydrogen) atoms. The van der Waals surface area contributed by atoms with Crippen LogP contribution < -0.4 is 4.34 Å². The van der Waals surface area contributed by atoms with Gasteiger partial charge in [-0.25, -0.2) is 0 Å². The van der Waals surface area contributed by atoms with E-state index < -0.39 is 0 Å². The summed E-state index contributed by atoms with van der Waals surface area (Å²) in [4.78, 5) is 0. The number of hydrogen-bond acceptors (Lipinski definition) is 0. The van der Waals surface area contributed by atoms with Gasteiger partial charge in [-0.1, -0.05) is 29.8 Å². The molecule has 0 saturated heterocycles.